The van der Waals surface area contributed by atoms with Crippen molar-refractivity contribution >= 4 is 11.6 Å². The summed E-state index contributed by atoms with van der Waals surface area (Å²) >= 11 is 6.01. The second-order valence-corrected chi connectivity index (χ2v) is 7.19. The van der Waals surface area contributed by atoms with Gasteiger partial charge in [0, 0.05) is 43.0 Å². The number of halogens is 1. The Morgan fingerprint density at radius 1 is 1.24 bits per heavy atom. The molecule has 3 aromatic heterocycles. The monoisotopic (exact) mass is 413 g/mol. The van der Waals surface area contributed by atoms with Crippen molar-refractivity contribution in [3.63, 3.8) is 0 Å². The van der Waals surface area contributed by atoms with Crippen LogP contribution in [0.25, 0.3) is 17.3 Å². The first-order chi connectivity index (χ1) is 13.9. The minimum atomic E-state index is -0.257. The maximum Gasteiger partial charge on any atom is 0.330 e. The molecule has 0 saturated heterocycles. The Kier molecular flexibility index (Phi) is 5.02. The molecule has 0 spiro atoms. The zero-order valence-electron chi connectivity index (χ0n) is 16.0. The number of aromatic nitrogens is 5. The molecule has 0 amide bonds. The summed E-state index contributed by atoms with van der Waals surface area (Å²) in [6.45, 7) is 2.24. The average molecular weight is 414 g/mol. The van der Waals surface area contributed by atoms with Gasteiger partial charge in [-0.2, -0.15) is 4.98 Å². The summed E-state index contributed by atoms with van der Waals surface area (Å²) in [6, 6.07) is 7.82. The van der Waals surface area contributed by atoms with Crippen molar-refractivity contribution in [3.8, 4) is 23.2 Å². The predicted octanol–water partition coefficient (Wildman–Crippen LogP) is 3.33. The molecule has 9 heteroatoms. The first-order valence-electron chi connectivity index (χ1n) is 9.15. The number of aryl methyl sites for hydroxylation is 3. The van der Waals surface area contributed by atoms with Crippen LogP contribution in [0, 0.1) is 6.92 Å². The molecular formula is C20H20ClN5O3. The van der Waals surface area contributed by atoms with Crippen LogP contribution >= 0.6 is 11.6 Å². The molecule has 0 unspecified atom stereocenters. The molecule has 0 aliphatic rings. The lowest BCUT2D eigenvalue weighted by molar-refractivity contribution is 0.404. The summed E-state index contributed by atoms with van der Waals surface area (Å²) in [6.07, 6.45) is 6.01. The van der Waals surface area contributed by atoms with Crippen molar-refractivity contribution in [3.05, 3.63) is 69.9 Å². The summed E-state index contributed by atoms with van der Waals surface area (Å²) in [5.41, 5.74) is 1.35. The maximum atomic E-state index is 12.1. The van der Waals surface area contributed by atoms with E-state index in [-0.39, 0.29) is 11.6 Å². The molecule has 4 rings (SSSR count). The van der Waals surface area contributed by atoms with E-state index in [0.717, 1.165) is 17.1 Å². The molecule has 0 bridgehead atoms. The quantitative estimate of drug-likeness (QED) is 0.523. The van der Waals surface area contributed by atoms with E-state index in [9.17, 15) is 9.90 Å². The minimum absolute atomic E-state index is 0.0530. The molecule has 8 nitrogen and oxygen atoms in total. The van der Waals surface area contributed by atoms with Gasteiger partial charge in [0.2, 0.25) is 5.88 Å². The first kappa shape index (κ1) is 19.1. The van der Waals surface area contributed by atoms with Crippen LogP contribution in [0.4, 0.5) is 0 Å². The molecule has 0 saturated carbocycles. The van der Waals surface area contributed by atoms with E-state index in [1.165, 1.54) is 15.3 Å². The fourth-order valence-electron chi connectivity index (χ4n) is 3.22. The fraction of sp³-hybridized carbons (Fsp3) is 0.250. The highest BCUT2D eigenvalue weighted by atomic mass is 35.5. The smallest absolute Gasteiger partial charge is 0.330 e. The Morgan fingerprint density at radius 2 is 2.00 bits per heavy atom. The molecule has 1 aromatic carbocycles. The number of aromatic hydroxyl groups is 1. The average Bonchev–Trinajstić information content (AvgIpc) is 3.36. The minimum Gasteiger partial charge on any atom is -0.493 e. The molecule has 4 aromatic rings. The van der Waals surface area contributed by atoms with Gasteiger partial charge in [-0.3, -0.25) is 13.7 Å². The van der Waals surface area contributed by atoms with Crippen LogP contribution in [0.2, 0.25) is 5.02 Å². The molecule has 0 radical (unpaired) electrons. The molecule has 0 atom stereocenters. The van der Waals surface area contributed by atoms with Crippen LogP contribution in [0.5, 0.6) is 5.88 Å². The Bertz CT molecular complexity index is 1200. The third-order valence-electron chi connectivity index (χ3n) is 4.74. The zero-order chi connectivity index (χ0) is 20.5. The highest BCUT2D eigenvalue weighted by molar-refractivity contribution is 6.30. The number of hydrogen-bond donors (Lipinski definition) is 1. The maximum absolute atomic E-state index is 12.1. The molecule has 1 N–H and O–H groups in total. The summed E-state index contributed by atoms with van der Waals surface area (Å²) < 4.78 is 10.5. The number of hydrogen-bond acceptors (Lipinski definition) is 5. The van der Waals surface area contributed by atoms with Crippen molar-refractivity contribution in [2.45, 2.75) is 26.3 Å². The van der Waals surface area contributed by atoms with Crippen LogP contribution in [-0.2, 0) is 20.0 Å². The zero-order valence-corrected chi connectivity index (χ0v) is 16.8. The molecule has 0 fully saturated rings. The fourth-order valence-corrected chi connectivity index (χ4v) is 3.35. The highest BCUT2D eigenvalue weighted by Crippen LogP contribution is 2.28. The van der Waals surface area contributed by atoms with Gasteiger partial charge in [0.05, 0.1) is 6.20 Å². The van der Waals surface area contributed by atoms with Crippen molar-refractivity contribution in [1.82, 2.24) is 23.7 Å². The van der Waals surface area contributed by atoms with Gasteiger partial charge in [0.1, 0.15) is 17.3 Å². The second kappa shape index (κ2) is 7.63. The molecule has 3 heterocycles. The second-order valence-electron chi connectivity index (χ2n) is 6.76. The van der Waals surface area contributed by atoms with Gasteiger partial charge in [0.25, 0.3) is 0 Å². The van der Waals surface area contributed by atoms with Gasteiger partial charge in [-0.25, -0.2) is 9.78 Å². The van der Waals surface area contributed by atoms with E-state index in [2.05, 4.69) is 9.97 Å². The van der Waals surface area contributed by atoms with Crippen molar-refractivity contribution in [1.29, 1.82) is 0 Å². The third-order valence-corrected chi connectivity index (χ3v) is 4.99. The third kappa shape index (κ3) is 3.71. The number of imidazole rings is 2. The molecule has 150 valence electrons. The highest BCUT2D eigenvalue weighted by Gasteiger charge is 2.18. The van der Waals surface area contributed by atoms with E-state index in [4.69, 9.17) is 16.0 Å². The summed E-state index contributed by atoms with van der Waals surface area (Å²) in [5.74, 6) is 1.41. The van der Waals surface area contributed by atoms with Crippen molar-refractivity contribution in [2.75, 3.05) is 0 Å². The Hall–Kier alpha value is -3.26. The number of rotatable bonds is 6. The Balaban J connectivity index is 1.64. The van der Waals surface area contributed by atoms with E-state index in [0.29, 0.717) is 36.2 Å². The lowest BCUT2D eigenvalue weighted by Gasteiger charge is -2.04. The lowest BCUT2D eigenvalue weighted by Crippen LogP contribution is -2.22. The van der Waals surface area contributed by atoms with E-state index in [1.807, 2.05) is 19.1 Å². The van der Waals surface area contributed by atoms with Gasteiger partial charge < -0.3 is 9.52 Å². The standard InChI is InChI=1S/C20H20ClN5O3/c1-13-22-9-11-25(13)19-23-18(14-5-7-15(21)8-6-14)16(29-19)4-3-10-26-17(27)12-24(2)20(26)28/h5-9,11-12,27H,3-4,10H2,1-2H3. The lowest BCUT2D eigenvalue weighted by atomic mass is 10.1. The molecular weight excluding hydrogens is 394 g/mol. The van der Waals surface area contributed by atoms with Crippen LogP contribution < -0.4 is 5.69 Å². The predicted molar refractivity (Wildman–Crippen MR) is 108 cm³/mol. The van der Waals surface area contributed by atoms with Crippen LogP contribution in [0.3, 0.4) is 0 Å². The number of oxazole rings is 1. The normalized spacial score (nSPS) is 11.3. The number of nitrogens with zero attached hydrogens (tertiary/aromatic N) is 5. The van der Waals surface area contributed by atoms with Gasteiger partial charge >= 0.3 is 11.7 Å². The summed E-state index contributed by atoms with van der Waals surface area (Å²) in [4.78, 5) is 20.9. The van der Waals surface area contributed by atoms with E-state index in [1.54, 1.807) is 36.1 Å². The van der Waals surface area contributed by atoms with Crippen LogP contribution in [0.1, 0.15) is 18.0 Å². The largest absolute Gasteiger partial charge is 0.493 e. The van der Waals surface area contributed by atoms with Gasteiger partial charge in [0.15, 0.2) is 0 Å². The van der Waals surface area contributed by atoms with Gasteiger partial charge in [-0.05, 0) is 25.5 Å². The Labute approximate surface area is 171 Å². The van der Waals surface area contributed by atoms with Crippen LogP contribution in [0.15, 0.2) is 52.1 Å². The molecule has 29 heavy (non-hydrogen) atoms. The molecule has 0 aliphatic heterocycles. The SMILES string of the molecule is Cc1nccn1-c1nc(-c2ccc(Cl)cc2)c(CCCn2c(O)cn(C)c2=O)o1. The van der Waals surface area contributed by atoms with E-state index < -0.39 is 0 Å². The van der Waals surface area contributed by atoms with Gasteiger partial charge in [-0.1, -0.05) is 23.7 Å². The summed E-state index contributed by atoms with van der Waals surface area (Å²) in [7, 11) is 1.60. The Morgan fingerprint density at radius 3 is 2.62 bits per heavy atom. The van der Waals surface area contributed by atoms with E-state index >= 15 is 0 Å². The van der Waals surface area contributed by atoms with Crippen molar-refractivity contribution < 1.29 is 9.52 Å². The van der Waals surface area contributed by atoms with Crippen molar-refractivity contribution in [2.24, 2.45) is 7.05 Å². The first-order valence-corrected chi connectivity index (χ1v) is 9.53. The van der Waals surface area contributed by atoms with Gasteiger partial charge in [-0.15, -0.1) is 0 Å². The molecule has 0 aliphatic carbocycles. The van der Waals surface area contributed by atoms with Crippen LogP contribution in [-0.4, -0.2) is 28.8 Å². The number of benzene rings is 1. The topological polar surface area (TPSA) is 91.0 Å². The summed E-state index contributed by atoms with van der Waals surface area (Å²) in [5, 5.41) is 10.6.